The van der Waals surface area contributed by atoms with Gasteiger partial charge in [-0.15, -0.1) is 0 Å². The normalized spacial score (nSPS) is 15.5. The minimum Gasteiger partial charge on any atom is -0.504 e. The van der Waals surface area contributed by atoms with E-state index >= 15 is 0 Å². The average molecular weight is 481 g/mol. The van der Waals surface area contributed by atoms with Crippen LogP contribution in [0.1, 0.15) is 31.0 Å². The molecule has 1 aromatic heterocycles. The zero-order chi connectivity index (χ0) is 24.4. The molecule has 1 atom stereocenters. The third-order valence-electron chi connectivity index (χ3n) is 5.49. The number of phenolic OH excluding ortho intramolecular Hbond substituents is 1. The number of benzene rings is 2. The molecule has 2 aromatic carbocycles. The van der Waals surface area contributed by atoms with Gasteiger partial charge in [-0.25, -0.2) is 9.79 Å². The molecule has 0 unspecified atom stereocenters. The molecule has 0 saturated carbocycles. The molecular formula is C25H24N2O6S. The molecule has 0 saturated heterocycles. The second-order valence-corrected chi connectivity index (χ2v) is 8.48. The average Bonchev–Trinajstić information content (AvgIpc) is 3.14. The van der Waals surface area contributed by atoms with Crippen molar-refractivity contribution < 1.29 is 24.1 Å². The molecule has 0 amide bonds. The molecule has 4 rings (SSSR count). The van der Waals surface area contributed by atoms with Gasteiger partial charge in [0.1, 0.15) is 5.75 Å². The lowest BCUT2D eigenvalue weighted by atomic mass is 9.96. The number of methoxy groups -OCH3 is 2. The summed E-state index contributed by atoms with van der Waals surface area (Å²) in [6.45, 7) is 3.66. The summed E-state index contributed by atoms with van der Waals surface area (Å²) in [6.07, 6.45) is 1.59. The molecule has 176 valence electrons. The van der Waals surface area contributed by atoms with Gasteiger partial charge in [-0.05, 0) is 43.7 Å². The van der Waals surface area contributed by atoms with Gasteiger partial charge in [-0.3, -0.25) is 9.36 Å². The van der Waals surface area contributed by atoms with Gasteiger partial charge in [-0.1, -0.05) is 35.6 Å². The number of carbonyl (C=O) groups excluding carboxylic acids is 1. The number of aromatic hydroxyl groups is 1. The highest BCUT2D eigenvalue weighted by Gasteiger charge is 2.33. The molecule has 8 nitrogen and oxygen atoms in total. The first-order chi connectivity index (χ1) is 16.4. The van der Waals surface area contributed by atoms with Crippen molar-refractivity contribution in [3.63, 3.8) is 0 Å². The lowest BCUT2D eigenvalue weighted by molar-refractivity contribution is -0.139. The molecule has 0 aliphatic carbocycles. The van der Waals surface area contributed by atoms with E-state index < -0.39 is 12.0 Å². The Balaban J connectivity index is 1.95. The number of hydrogen-bond donors (Lipinski definition) is 1. The van der Waals surface area contributed by atoms with Crippen LogP contribution in [-0.4, -0.2) is 36.5 Å². The Morgan fingerprint density at radius 3 is 2.56 bits per heavy atom. The van der Waals surface area contributed by atoms with Crippen LogP contribution in [0.3, 0.4) is 0 Å². The minimum absolute atomic E-state index is 0.0640. The third kappa shape index (κ3) is 4.10. The van der Waals surface area contributed by atoms with E-state index in [9.17, 15) is 14.7 Å². The van der Waals surface area contributed by atoms with Crippen molar-refractivity contribution in [1.82, 2.24) is 4.57 Å². The van der Waals surface area contributed by atoms with Gasteiger partial charge in [0.2, 0.25) is 0 Å². The Bertz CT molecular complexity index is 1450. The molecule has 1 aliphatic heterocycles. The number of thiazole rings is 1. The molecule has 9 heteroatoms. The first-order valence-corrected chi connectivity index (χ1v) is 11.4. The van der Waals surface area contributed by atoms with Crippen molar-refractivity contribution in [2.24, 2.45) is 4.99 Å². The molecule has 0 bridgehead atoms. The molecule has 34 heavy (non-hydrogen) atoms. The van der Waals surface area contributed by atoms with E-state index in [-0.39, 0.29) is 17.9 Å². The van der Waals surface area contributed by atoms with E-state index in [0.29, 0.717) is 37.7 Å². The fraction of sp³-hybridized carbons (Fsp3) is 0.240. The predicted molar refractivity (Wildman–Crippen MR) is 128 cm³/mol. The van der Waals surface area contributed by atoms with Crippen LogP contribution in [0.25, 0.3) is 6.08 Å². The van der Waals surface area contributed by atoms with Crippen LogP contribution in [0.5, 0.6) is 17.2 Å². The number of rotatable bonds is 6. The molecule has 0 fully saturated rings. The van der Waals surface area contributed by atoms with Gasteiger partial charge in [0, 0.05) is 5.56 Å². The maximum absolute atomic E-state index is 13.6. The van der Waals surface area contributed by atoms with E-state index in [1.807, 2.05) is 12.1 Å². The van der Waals surface area contributed by atoms with Crippen LogP contribution >= 0.6 is 11.3 Å². The summed E-state index contributed by atoms with van der Waals surface area (Å²) in [4.78, 5) is 31.5. The Labute approximate surface area is 199 Å². The number of allylic oxidation sites excluding steroid dienone is 1. The number of fused-ring (bicyclic) bond motifs is 1. The summed E-state index contributed by atoms with van der Waals surface area (Å²) < 4.78 is 17.6. The Hall–Kier alpha value is -3.85. The summed E-state index contributed by atoms with van der Waals surface area (Å²) >= 11 is 1.18. The highest BCUT2D eigenvalue weighted by atomic mass is 32.1. The van der Waals surface area contributed by atoms with Crippen molar-refractivity contribution in [2.75, 3.05) is 20.8 Å². The lowest BCUT2D eigenvalue weighted by Crippen LogP contribution is -2.39. The Morgan fingerprint density at radius 1 is 1.18 bits per heavy atom. The van der Waals surface area contributed by atoms with Crippen molar-refractivity contribution in [3.8, 4) is 17.2 Å². The summed E-state index contributed by atoms with van der Waals surface area (Å²) in [6, 6.07) is 11.5. The highest BCUT2D eigenvalue weighted by molar-refractivity contribution is 7.07. The SMILES string of the molecule is CCOC(=O)C1=C(C)N=c2s/c(=C\c3cccc(OC)c3O)c(=O)n2[C@H]1c1ccc(OC)cc1. The standard InChI is InChI=1S/C25H24N2O6S/c1-5-33-24(30)20-14(2)26-25-27(21(20)15-9-11-17(31-3)12-10-15)23(29)19(34-25)13-16-7-6-8-18(32-4)22(16)28/h6-13,21,28H,5H2,1-4H3/b19-13-/t21-/m0/s1. The second-order valence-electron chi connectivity index (χ2n) is 7.47. The van der Waals surface area contributed by atoms with Crippen LogP contribution in [0.15, 0.2) is 63.5 Å². The molecular weight excluding hydrogens is 456 g/mol. The van der Waals surface area contributed by atoms with Crippen molar-refractivity contribution >= 4 is 23.4 Å². The highest BCUT2D eigenvalue weighted by Crippen LogP contribution is 2.32. The largest absolute Gasteiger partial charge is 0.504 e. The quantitative estimate of drug-likeness (QED) is 0.545. The predicted octanol–water partition coefficient (Wildman–Crippen LogP) is 2.52. The van der Waals surface area contributed by atoms with Crippen LogP contribution < -0.4 is 24.4 Å². The molecule has 3 aromatic rings. The van der Waals surface area contributed by atoms with Crippen molar-refractivity contribution in [1.29, 1.82) is 0 Å². The van der Waals surface area contributed by atoms with E-state index in [2.05, 4.69) is 4.99 Å². The Morgan fingerprint density at radius 2 is 1.91 bits per heavy atom. The van der Waals surface area contributed by atoms with Gasteiger partial charge in [0.25, 0.3) is 5.56 Å². The molecule has 0 radical (unpaired) electrons. The van der Waals surface area contributed by atoms with E-state index in [4.69, 9.17) is 14.2 Å². The summed E-state index contributed by atoms with van der Waals surface area (Å²) in [5.74, 6) is 0.372. The van der Waals surface area contributed by atoms with Gasteiger partial charge < -0.3 is 19.3 Å². The van der Waals surface area contributed by atoms with Crippen LogP contribution in [0, 0.1) is 0 Å². The number of nitrogens with zero attached hydrogens (tertiary/aromatic N) is 2. The topological polar surface area (TPSA) is 99.4 Å². The number of phenols is 1. The van der Waals surface area contributed by atoms with Gasteiger partial charge in [0.05, 0.1) is 42.7 Å². The number of hydrogen-bond acceptors (Lipinski definition) is 8. The smallest absolute Gasteiger partial charge is 0.338 e. The van der Waals surface area contributed by atoms with Crippen molar-refractivity contribution in [3.05, 3.63) is 84.5 Å². The maximum Gasteiger partial charge on any atom is 0.338 e. The van der Waals surface area contributed by atoms with E-state index in [1.54, 1.807) is 57.4 Å². The summed E-state index contributed by atoms with van der Waals surface area (Å²) in [7, 11) is 3.03. The lowest BCUT2D eigenvalue weighted by Gasteiger charge is -2.24. The number of ether oxygens (including phenoxy) is 3. The number of esters is 1. The molecule has 2 heterocycles. The monoisotopic (exact) mass is 480 g/mol. The fourth-order valence-electron chi connectivity index (χ4n) is 3.85. The molecule has 1 aliphatic rings. The van der Waals surface area contributed by atoms with Gasteiger partial charge in [0.15, 0.2) is 16.3 Å². The molecule has 0 spiro atoms. The van der Waals surface area contributed by atoms with Crippen LogP contribution in [0.4, 0.5) is 0 Å². The second kappa shape index (κ2) is 9.56. The number of carbonyl (C=O) groups is 1. The Kier molecular flexibility index (Phi) is 6.56. The van der Waals surface area contributed by atoms with Crippen LogP contribution in [0.2, 0.25) is 0 Å². The summed E-state index contributed by atoms with van der Waals surface area (Å²) in [5.41, 5.74) is 1.61. The fourth-order valence-corrected chi connectivity index (χ4v) is 4.89. The zero-order valence-electron chi connectivity index (χ0n) is 19.2. The minimum atomic E-state index is -0.720. The van der Waals surface area contributed by atoms with Crippen molar-refractivity contribution in [2.45, 2.75) is 19.9 Å². The maximum atomic E-state index is 13.6. The van der Waals surface area contributed by atoms with E-state index in [1.165, 1.54) is 23.0 Å². The number of para-hydroxylation sites is 1. The molecule has 1 N–H and O–H groups in total. The van der Waals surface area contributed by atoms with Gasteiger partial charge >= 0.3 is 5.97 Å². The first-order valence-electron chi connectivity index (χ1n) is 10.6. The van der Waals surface area contributed by atoms with Crippen LogP contribution in [-0.2, 0) is 9.53 Å². The zero-order valence-corrected chi connectivity index (χ0v) is 20.0. The first kappa shape index (κ1) is 23.3. The summed E-state index contributed by atoms with van der Waals surface area (Å²) in [5, 5.41) is 10.5. The third-order valence-corrected chi connectivity index (χ3v) is 6.47. The van der Waals surface area contributed by atoms with Gasteiger partial charge in [-0.2, -0.15) is 0 Å². The van der Waals surface area contributed by atoms with E-state index in [0.717, 1.165) is 5.56 Å². The number of aromatic nitrogens is 1.